The van der Waals surface area contributed by atoms with Crippen molar-refractivity contribution in [2.45, 2.75) is 39.3 Å². The average molecular weight is 492 g/mol. The van der Waals surface area contributed by atoms with Crippen molar-refractivity contribution in [2.24, 2.45) is 0 Å². The van der Waals surface area contributed by atoms with Gasteiger partial charge in [0.15, 0.2) is 0 Å². The number of alkyl halides is 3. The summed E-state index contributed by atoms with van der Waals surface area (Å²) in [5.74, 6) is 0.434. The lowest BCUT2D eigenvalue weighted by Gasteiger charge is -2.34. The molecule has 0 aliphatic carbocycles. The minimum atomic E-state index is -4.54. The molecule has 0 spiro atoms. The zero-order chi connectivity index (χ0) is 25.4. The number of amides is 2. The topological polar surface area (TPSA) is 61.9 Å². The van der Waals surface area contributed by atoms with E-state index in [0.29, 0.717) is 39.2 Å². The van der Waals surface area contributed by atoms with Gasteiger partial charge in [-0.05, 0) is 56.0 Å². The Bertz CT molecular complexity index is 1020. The van der Waals surface area contributed by atoms with Crippen molar-refractivity contribution in [3.63, 3.8) is 0 Å². The van der Waals surface area contributed by atoms with Gasteiger partial charge in [0, 0.05) is 32.6 Å². The van der Waals surface area contributed by atoms with E-state index in [2.05, 4.69) is 5.32 Å². The van der Waals surface area contributed by atoms with E-state index in [-0.39, 0.29) is 18.1 Å². The molecule has 190 valence electrons. The number of anilines is 1. The summed E-state index contributed by atoms with van der Waals surface area (Å²) in [5.41, 5.74) is 1.11. The summed E-state index contributed by atoms with van der Waals surface area (Å²) >= 11 is 0. The van der Waals surface area contributed by atoms with Gasteiger partial charge in [-0.1, -0.05) is 24.3 Å². The molecule has 0 radical (unpaired) electrons. The van der Waals surface area contributed by atoms with E-state index in [1.54, 1.807) is 4.90 Å². The Kier molecular flexibility index (Phi) is 9.14. The zero-order valence-corrected chi connectivity index (χ0v) is 20.2. The van der Waals surface area contributed by atoms with Crippen molar-refractivity contribution in [3.8, 4) is 5.75 Å². The maximum absolute atomic E-state index is 13.1. The number of carbonyl (C=O) groups is 2. The van der Waals surface area contributed by atoms with Crippen molar-refractivity contribution >= 4 is 17.5 Å². The van der Waals surface area contributed by atoms with Gasteiger partial charge >= 0.3 is 6.18 Å². The molecule has 2 aromatic rings. The normalized spacial score (nSPS) is 14.6. The fourth-order valence-electron chi connectivity index (χ4n) is 3.97. The van der Waals surface area contributed by atoms with E-state index in [9.17, 15) is 22.8 Å². The van der Waals surface area contributed by atoms with E-state index in [4.69, 9.17) is 4.74 Å². The number of hydrogen-bond donors (Lipinski definition) is 1. The second-order valence-electron chi connectivity index (χ2n) is 8.82. The Morgan fingerprint density at radius 3 is 2.43 bits per heavy atom. The molecule has 1 saturated heterocycles. The lowest BCUT2D eigenvalue weighted by molar-refractivity contribution is -0.137. The Morgan fingerprint density at radius 2 is 1.71 bits per heavy atom. The number of nitrogens with one attached hydrogen (secondary N) is 1. The van der Waals surface area contributed by atoms with E-state index in [1.807, 2.05) is 36.9 Å². The summed E-state index contributed by atoms with van der Waals surface area (Å²) in [5, 5.41) is 2.36. The average Bonchev–Trinajstić information content (AvgIpc) is 2.81. The summed E-state index contributed by atoms with van der Waals surface area (Å²) in [6.45, 7) is 6.52. The molecule has 0 bridgehead atoms. The quantitative estimate of drug-likeness (QED) is 0.519. The molecule has 9 heteroatoms. The fraction of sp³-hybridized carbons (Fsp3) is 0.462. The van der Waals surface area contributed by atoms with Crippen molar-refractivity contribution in [3.05, 3.63) is 59.2 Å². The number of benzene rings is 2. The summed E-state index contributed by atoms with van der Waals surface area (Å²) in [7, 11) is 0. The third kappa shape index (κ3) is 7.99. The van der Waals surface area contributed by atoms with Crippen LogP contribution >= 0.6 is 0 Å². The minimum Gasteiger partial charge on any atom is -0.493 e. The molecule has 0 saturated carbocycles. The number of nitrogens with zero attached hydrogens (tertiary/aromatic N) is 2. The number of para-hydroxylation sites is 1. The third-order valence-electron chi connectivity index (χ3n) is 5.98. The highest BCUT2D eigenvalue weighted by atomic mass is 19.4. The molecule has 6 nitrogen and oxygen atoms in total. The largest absolute Gasteiger partial charge is 0.493 e. The number of rotatable bonds is 9. The van der Waals surface area contributed by atoms with Gasteiger partial charge in [-0.15, -0.1) is 0 Å². The lowest BCUT2D eigenvalue weighted by atomic mass is 10.1. The molecule has 0 aromatic heterocycles. The highest BCUT2D eigenvalue weighted by Crippen LogP contribution is 2.34. The van der Waals surface area contributed by atoms with Crippen LogP contribution in [0.15, 0.2) is 42.5 Å². The molecule has 1 N–H and O–H groups in total. The molecule has 1 fully saturated rings. The zero-order valence-electron chi connectivity index (χ0n) is 20.2. The summed E-state index contributed by atoms with van der Waals surface area (Å²) in [4.78, 5) is 28.4. The molecule has 1 heterocycles. The first-order chi connectivity index (χ1) is 16.6. The van der Waals surface area contributed by atoms with E-state index >= 15 is 0 Å². The van der Waals surface area contributed by atoms with Crippen LogP contribution in [0.4, 0.5) is 18.9 Å². The SMILES string of the molecule is Cc1ccc(C)c(OCCCCC(=O)N2CCN(CC(=O)Nc3ccccc3C(F)(F)F)CC2)c1. The van der Waals surface area contributed by atoms with Crippen molar-refractivity contribution in [2.75, 3.05) is 44.6 Å². The van der Waals surface area contributed by atoms with Gasteiger partial charge in [0.25, 0.3) is 0 Å². The van der Waals surface area contributed by atoms with Crippen LogP contribution < -0.4 is 10.1 Å². The van der Waals surface area contributed by atoms with Crippen LogP contribution in [0.2, 0.25) is 0 Å². The first-order valence-corrected chi connectivity index (χ1v) is 11.8. The van der Waals surface area contributed by atoms with Crippen LogP contribution in [-0.4, -0.2) is 60.9 Å². The van der Waals surface area contributed by atoms with Crippen LogP contribution in [0.3, 0.4) is 0 Å². The Labute approximate surface area is 204 Å². The standard InChI is InChI=1S/C26H32F3N3O3/c1-19-10-11-20(2)23(17-19)35-16-6-5-9-25(34)32-14-12-31(13-15-32)18-24(33)30-22-8-4-3-7-21(22)26(27,28)29/h3-4,7-8,10-11,17H,5-6,9,12-16,18H2,1-2H3,(H,30,33). The minimum absolute atomic E-state index is 0.0239. The van der Waals surface area contributed by atoms with Gasteiger partial charge in [-0.3, -0.25) is 14.5 Å². The molecule has 35 heavy (non-hydrogen) atoms. The first-order valence-electron chi connectivity index (χ1n) is 11.8. The molecule has 3 rings (SSSR count). The monoisotopic (exact) mass is 491 g/mol. The van der Waals surface area contributed by atoms with Crippen LogP contribution in [0.5, 0.6) is 5.75 Å². The van der Waals surface area contributed by atoms with Gasteiger partial charge in [0.2, 0.25) is 11.8 Å². The molecule has 1 aliphatic rings. The Balaban J connectivity index is 1.35. The van der Waals surface area contributed by atoms with Crippen molar-refractivity contribution in [1.29, 1.82) is 0 Å². The van der Waals surface area contributed by atoms with Crippen LogP contribution in [0.25, 0.3) is 0 Å². The van der Waals surface area contributed by atoms with Gasteiger partial charge in [-0.25, -0.2) is 0 Å². The van der Waals surface area contributed by atoms with Crippen LogP contribution in [-0.2, 0) is 15.8 Å². The Morgan fingerprint density at radius 1 is 1.00 bits per heavy atom. The number of unbranched alkanes of at least 4 members (excludes halogenated alkanes) is 1. The summed E-state index contributed by atoms with van der Waals surface area (Å²) < 4.78 is 45.2. The predicted molar refractivity (Wildman–Crippen MR) is 128 cm³/mol. The maximum Gasteiger partial charge on any atom is 0.418 e. The third-order valence-corrected chi connectivity index (χ3v) is 5.98. The van der Waals surface area contributed by atoms with Crippen molar-refractivity contribution in [1.82, 2.24) is 9.80 Å². The van der Waals surface area contributed by atoms with Crippen LogP contribution in [0, 0.1) is 13.8 Å². The second-order valence-corrected chi connectivity index (χ2v) is 8.82. The Hall–Kier alpha value is -3.07. The lowest BCUT2D eigenvalue weighted by Crippen LogP contribution is -2.50. The van der Waals surface area contributed by atoms with E-state index in [1.165, 1.54) is 18.2 Å². The fourth-order valence-corrected chi connectivity index (χ4v) is 3.97. The molecule has 0 atom stereocenters. The van der Waals surface area contributed by atoms with Gasteiger partial charge in [0.05, 0.1) is 24.4 Å². The van der Waals surface area contributed by atoms with Crippen LogP contribution in [0.1, 0.15) is 36.0 Å². The molecule has 2 amide bonds. The maximum atomic E-state index is 13.1. The molecular formula is C26H32F3N3O3. The number of hydrogen-bond acceptors (Lipinski definition) is 4. The number of halogens is 3. The van der Waals surface area contributed by atoms with E-state index in [0.717, 1.165) is 35.8 Å². The number of piperazine rings is 1. The molecule has 0 unspecified atom stereocenters. The number of aryl methyl sites for hydroxylation is 2. The highest BCUT2D eigenvalue weighted by Gasteiger charge is 2.33. The predicted octanol–water partition coefficient (Wildman–Crippen LogP) is 4.65. The smallest absolute Gasteiger partial charge is 0.418 e. The van der Waals surface area contributed by atoms with Crippen molar-refractivity contribution < 1.29 is 27.5 Å². The number of carbonyl (C=O) groups excluding carboxylic acids is 2. The van der Waals surface area contributed by atoms with Gasteiger partial charge in [-0.2, -0.15) is 13.2 Å². The van der Waals surface area contributed by atoms with Gasteiger partial charge < -0.3 is 15.0 Å². The molecule has 1 aliphatic heterocycles. The van der Waals surface area contributed by atoms with Gasteiger partial charge in [0.1, 0.15) is 5.75 Å². The second kappa shape index (κ2) is 12.1. The first kappa shape index (κ1) is 26.5. The molecule has 2 aromatic carbocycles. The molecular weight excluding hydrogens is 459 g/mol. The highest BCUT2D eigenvalue weighted by molar-refractivity contribution is 5.93. The summed E-state index contributed by atoms with van der Waals surface area (Å²) in [6, 6.07) is 11.0. The summed E-state index contributed by atoms with van der Waals surface area (Å²) in [6.07, 6.45) is -2.60. The number of ether oxygens (including phenoxy) is 1. The van der Waals surface area contributed by atoms with E-state index < -0.39 is 17.6 Å².